The summed E-state index contributed by atoms with van der Waals surface area (Å²) in [5.41, 5.74) is 1.01. The van der Waals surface area contributed by atoms with Crippen molar-refractivity contribution in [2.75, 3.05) is 24.3 Å². The average molecular weight is 385 g/mol. The highest BCUT2D eigenvalue weighted by atomic mass is 32.2. The Balaban J connectivity index is 1.81. The van der Waals surface area contributed by atoms with Gasteiger partial charge in [-0.1, -0.05) is 23.9 Å². The molecule has 1 aromatic carbocycles. The van der Waals surface area contributed by atoms with Crippen molar-refractivity contribution in [3.05, 3.63) is 52.3 Å². The van der Waals surface area contributed by atoms with E-state index in [0.29, 0.717) is 47.0 Å². The van der Waals surface area contributed by atoms with Crippen molar-refractivity contribution in [2.24, 2.45) is 7.05 Å². The molecule has 0 spiro atoms. The minimum Gasteiger partial charge on any atom is -0.486 e. The van der Waals surface area contributed by atoms with Gasteiger partial charge in [0.1, 0.15) is 19.0 Å². The Labute approximate surface area is 160 Å². The number of rotatable bonds is 4. The molecular weight excluding hydrogens is 366 g/mol. The van der Waals surface area contributed by atoms with Crippen LogP contribution < -0.4 is 20.3 Å². The zero-order chi connectivity index (χ0) is 19.0. The average Bonchev–Trinajstić information content (AvgIpc) is 2.68. The van der Waals surface area contributed by atoms with E-state index in [4.69, 9.17) is 9.47 Å². The van der Waals surface area contributed by atoms with Crippen LogP contribution in [0.15, 0.2) is 40.8 Å². The van der Waals surface area contributed by atoms with E-state index in [2.05, 4.69) is 16.9 Å². The van der Waals surface area contributed by atoms with E-state index >= 15 is 0 Å². The quantitative estimate of drug-likeness (QED) is 0.494. The number of thioether (sulfide) groups is 1. The highest BCUT2D eigenvalue weighted by Crippen LogP contribution is 2.39. The van der Waals surface area contributed by atoms with E-state index < -0.39 is 0 Å². The fraction of sp³-hybridized carbons (Fsp3) is 0.316. The van der Waals surface area contributed by atoms with E-state index in [-0.39, 0.29) is 23.8 Å². The summed E-state index contributed by atoms with van der Waals surface area (Å²) in [6, 6.07) is 5.55. The number of ether oxygens (including phenoxy) is 2. The summed E-state index contributed by atoms with van der Waals surface area (Å²) in [6.07, 6.45) is 1.93. The van der Waals surface area contributed by atoms with Crippen molar-refractivity contribution < 1.29 is 14.3 Å². The SMILES string of the molecule is C=CCSc1nc(=O)c2c(n1C)NC(=O)C[C@@H]2c1ccc2c(c1)OCCO2. The van der Waals surface area contributed by atoms with Gasteiger partial charge in [0.15, 0.2) is 16.7 Å². The molecular formula is C19H19N3O4S. The molecule has 0 fully saturated rings. The van der Waals surface area contributed by atoms with Gasteiger partial charge in [-0.25, -0.2) is 0 Å². The summed E-state index contributed by atoms with van der Waals surface area (Å²) in [5, 5.41) is 3.38. The lowest BCUT2D eigenvalue weighted by atomic mass is 9.86. The second-order valence-corrected chi connectivity index (χ2v) is 7.32. The summed E-state index contributed by atoms with van der Waals surface area (Å²) in [7, 11) is 1.79. The number of anilines is 1. The largest absolute Gasteiger partial charge is 0.486 e. The van der Waals surface area contributed by atoms with Crippen molar-refractivity contribution in [1.29, 1.82) is 0 Å². The molecule has 1 atom stereocenters. The third-order valence-corrected chi connectivity index (χ3v) is 5.63. The molecule has 0 aliphatic carbocycles. The van der Waals surface area contributed by atoms with Crippen LogP contribution in [-0.2, 0) is 11.8 Å². The van der Waals surface area contributed by atoms with Gasteiger partial charge in [0.25, 0.3) is 5.56 Å². The molecule has 2 aliphatic heterocycles. The molecule has 7 nitrogen and oxygen atoms in total. The maximum Gasteiger partial charge on any atom is 0.279 e. The maximum absolute atomic E-state index is 12.8. The molecule has 140 valence electrons. The monoisotopic (exact) mass is 385 g/mol. The lowest BCUT2D eigenvalue weighted by Gasteiger charge is -2.28. The zero-order valence-electron chi connectivity index (χ0n) is 14.9. The Bertz CT molecular complexity index is 986. The molecule has 0 saturated carbocycles. The predicted octanol–water partition coefficient (Wildman–Crippen LogP) is 2.30. The Morgan fingerprint density at radius 2 is 2.11 bits per heavy atom. The first kappa shape index (κ1) is 17.7. The number of fused-ring (bicyclic) bond motifs is 2. The van der Waals surface area contributed by atoms with Gasteiger partial charge in [-0.05, 0) is 17.7 Å². The van der Waals surface area contributed by atoms with Crippen LogP contribution in [0.2, 0.25) is 0 Å². The highest BCUT2D eigenvalue weighted by molar-refractivity contribution is 7.99. The van der Waals surface area contributed by atoms with E-state index in [1.54, 1.807) is 17.7 Å². The Hall–Kier alpha value is -2.74. The summed E-state index contributed by atoms with van der Waals surface area (Å²) >= 11 is 1.40. The molecule has 1 aromatic heterocycles. The molecule has 0 radical (unpaired) electrons. The second kappa shape index (κ2) is 7.11. The molecule has 1 N–H and O–H groups in total. The first-order valence-electron chi connectivity index (χ1n) is 8.62. The molecule has 0 bridgehead atoms. The summed E-state index contributed by atoms with van der Waals surface area (Å²) < 4.78 is 13.0. The number of hydrogen-bond acceptors (Lipinski definition) is 6. The molecule has 1 amide bonds. The van der Waals surface area contributed by atoms with Crippen LogP contribution >= 0.6 is 11.8 Å². The minimum absolute atomic E-state index is 0.136. The van der Waals surface area contributed by atoms with Crippen LogP contribution in [-0.4, -0.2) is 34.4 Å². The van der Waals surface area contributed by atoms with Crippen LogP contribution in [0.5, 0.6) is 11.5 Å². The predicted molar refractivity (Wildman–Crippen MR) is 103 cm³/mol. The standard InChI is InChI=1S/C19H19N3O4S/c1-3-8-27-19-21-18(24)16-12(10-15(23)20-17(16)22(19)2)11-4-5-13-14(9-11)26-7-6-25-13/h3-5,9,12H,1,6-8,10H2,2H3,(H,20,23)/t12-/m1/s1. The number of benzene rings is 1. The van der Waals surface area contributed by atoms with Gasteiger partial charge in [0.05, 0.1) is 5.56 Å². The first-order chi connectivity index (χ1) is 13.1. The van der Waals surface area contributed by atoms with E-state index in [9.17, 15) is 9.59 Å². The Morgan fingerprint density at radius 1 is 1.33 bits per heavy atom. The van der Waals surface area contributed by atoms with Gasteiger partial charge in [0.2, 0.25) is 5.91 Å². The van der Waals surface area contributed by atoms with Gasteiger partial charge < -0.3 is 19.4 Å². The van der Waals surface area contributed by atoms with Gasteiger partial charge in [-0.15, -0.1) is 6.58 Å². The van der Waals surface area contributed by atoms with Crippen LogP contribution in [0.1, 0.15) is 23.5 Å². The van der Waals surface area contributed by atoms with Crippen LogP contribution in [0.25, 0.3) is 0 Å². The van der Waals surface area contributed by atoms with Gasteiger partial charge in [0, 0.05) is 25.1 Å². The summed E-state index contributed by atoms with van der Waals surface area (Å²) in [5.74, 6) is 1.91. The lowest BCUT2D eigenvalue weighted by Crippen LogP contribution is -2.33. The molecule has 27 heavy (non-hydrogen) atoms. The Morgan fingerprint density at radius 3 is 2.89 bits per heavy atom. The zero-order valence-corrected chi connectivity index (χ0v) is 15.7. The molecule has 2 aliphatic rings. The lowest BCUT2D eigenvalue weighted by molar-refractivity contribution is -0.116. The van der Waals surface area contributed by atoms with Crippen molar-refractivity contribution in [3.8, 4) is 11.5 Å². The number of nitrogens with zero attached hydrogens (tertiary/aromatic N) is 2. The van der Waals surface area contributed by atoms with E-state index in [1.807, 2.05) is 18.2 Å². The second-order valence-electron chi connectivity index (χ2n) is 6.33. The molecule has 0 saturated heterocycles. The number of carbonyl (C=O) groups is 1. The summed E-state index contributed by atoms with van der Waals surface area (Å²) in [4.78, 5) is 29.4. The maximum atomic E-state index is 12.8. The normalized spacial score (nSPS) is 17.8. The van der Waals surface area contributed by atoms with Crippen molar-refractivity contribution in [1.82, 2.24) is 9.55 Å². The number of nitrogens with one attached hydrogen (secondary N) is 1. The van der Waals surface area contributed by atoms with E-state index in [1.165, 1.54) is 11.8 Å². The first-order valence-corrected chi connectivity index (χ1v) is 9.61. The summed E-state index contributed by atoms with van der Waals surface area (Å²) in [6.45, 7) is 4.67. The fourth-order valence-corrected chi connectivity index (χ4v) is 4.06. The molecule has 2 aromatic rings. The third-order valence-electron chi connectivity index (χ3n) is 4.60. The molecule has 4 rings (SSSR count). The number of amides is 1. The van der Waals surface area contributed by atoms with Crippen LogP contribution in [0, 0.1) is 0 Å². The molecule has 3 heterocycles. The van der Waals surface area contributed by atoms with Gasteiger partial charge in [-0.3, -0.25) is 9.59 Å². The fourth-order valence-electron chi connectivity index (χ4n) is 3.36. The van der Waals surface area contributed by atoms with Gasteiger partial charge in [-0.2, -0.15) is 4.98 Å². The van der Waals surface area contributed by atoms with Crippen LogP contribution in [0.3, 0.4) is 0 Å². The number of carbonyl (C=O) groups excluding carboxylic acids is 1. The highest BCUT2D eigenvalue weighted by Gasteiger charge is 2.32. The van der Waals surface area contributed by atoms with Crippen molar-refractivity contribution in [2.45, 2.75) is 17.5 Å². The van der Waals surface area contributed by atoms with Crippen molar-refractivity contribution in [3.63, 3.8) is 0 Å². The van der Waals surface area contributed by atoms with Gasteiger partial charge >= 0.3 is 0 Å². The topological polar surface area (TPSA) is 82.5 Å². The van der Waals surface area contributed by atoms with Crippen molar-refractivity contribution >= 4 is 23.5 Å². The smallest absolute Gasteiger partial charge is 0.279 e. The van der Waals surface area contributed by atoms with Crippen LogP contribution in [0.4, 0.5) is 5.82 Å². The molecule has 8 heteroatoms. The minimum atomic E-state index is -0.380. The Kier molecular flexibility index (Phi) is 4.65. The number of aromatic nitrogens is 2. The third kappa shape index (κ3) is 3.21. The number of hydrogen-bond donors (Lipinski definition) is 1. The molecule has 0 unspecified atom stereocenters. The van der Waals surface area contributed by atoms with E-state index in [0.717, 1.165) is 5.56 Å².